The fourth-order valence-corrected chi connectivity index (χ4v) is 3.77. The molecule has 1 aromatic heterocycles. The van der Waals surface area contributed by atoms with Crippen molar-refractivity contribution in [3.05, 3.63) is 53.4 Å². The number of carbonyl (C=O) groups excluding carboxylic acids is 1. The van der Waals surface area contributed by atoms with Crippen molar-refractivity contribution in [1.29, 1.82) is 0 Å². The molecule has 0 spiro atoms. The van der Waals surface area contributed by atoms with Crippen molar-refractivity contribution < 1.29 is 9.32 Å². The van der Waals surface area contributed by atoms with Crippen molar-refractivity contribution in [1.82, 2.24) is 10.1 Å². The van der Waals surface area contributed by atoms with Crippen LogP contribution in [0.4, 0.5) is 0 Å². The Balaban J connectivity index is 1.67. The third-order valence-corrected chi connectivity index (χ3v) is 4.98. The van der Waals surface area contributed by atoms with Crippen LogP contribution in [0.5, 0.6) is 0 Å². The first kappa shape index (κ1) is 14.2. The molecule has 3 rings (SSSR count). The standard InChI is InChI=1S/C16H18N2O2S/c1-12-11-14(17-20-12)16(19)18-8-7-15(21-10-9-18)13-5-3-2-4-6-13/h2-6,11,15H,7-10H2,1H3. The third-order valence-electron chi connectivity index (χ3n) is 3.65. The minimum absolute atomic E-state index is 0.0267. The molecule has 0 radical (unpaired) electrons. The molecule has 0 N–H and O–H groups in total. The number of nitrogens with zero attached hydrogens (tertiary/aromatic N) is 2. The molecule has 1 unspecified atom stereocenters. The van der Waals surface area contributed by atoms with E-state index in [2.05, 4.69) is 29.4 Å². The highest BCUT2D eigenvalue weighted by atomic mass is 32.2. The maximum absolute atomic E-state index is 12.4. The van der Waals surface area contributed by atoms with Crippen molar-refractivity contribution in [3.8, 4) is 0 Å². The lowest BCUT2D eigenvalue weighted by Crippen LogP contribution is -2.33. The van der Waals surface area contributed by atoms with Gasteiger partial charge in [0, 0.05) is 30.2 Å². The van der Waals surface area contributed by atoms with E-state index in [0.717, 1.165) is 25.3 Å². The Hall–Kier alpha value is -1.75. The Kier molecular flexibility index (Phi) is 4.29. The Morgan fingerprint density at radius 2 is 2.14 bits per heavy atom. The third kappa shape index (κ3) is 3.29. The van der Waals surface area contributed by atoms with Gasteiger partial charge < -0.3 is 9.42 Å². The van der Waals surface area contributed by atoms with Gasteiger partial charge in [0.15, 0.2) is 5.69 Å². The SMILES string of the molecule is Cc1cc(C(=O)N2CCSC(c3ccccc3)CC2)no1. The highest BCUT2D eigenvalue weighted by molar-refractivity contribution is 7.99. The van der Waals surface area contributed by atoms with E-state index in [0.29, 0.717) is 16.7 Å². The maximum atomic E-state index is 12.4. The quantitative estimate of drug-likeness (QED) is 0.854. The first-order valence-electron chi connectivity index (χ1n) is 7.13. The lowest BCUT2D eigenvalue weighted by molar-refractivity contribution is 0.0756. The summed E-state index contributed by atoms with van der Waals surface area (Å²) < 4.78 is 5.00. The summed E-state index contributed by atoms with van der Waals surface area (Å²) in [4.78, 5) is 14.3. The van der Waals surface area contributed by atoms with Gasteiger partial charge in [0.25, 0.3) is 5.91 Å². The van der Waals surface area contributed by atoms with Crippen LogP contribution in [0.25, 0.3) is 0 Å². The van der Waals surface area contributed by atoms with Gasteiger partial charge >= 0.3 is 0 Å². The number of carbonyl (C=O) groups is 1. The van der Waals surface area contributed by atoms with Gasteiger partial charge in [-0.25, -0.2) is 0 Å². The first-order chi connectivity index (χ1) is 10.2. The van der Waals surface area contributed by atoms with Crippen molar-refractivity contribution >= 4 is 17.7 Å². The van der Waals surface area contributed by atoms with E-state index in [1.54, 1.807) is 13.0 Å². The summed E-state index contributed by atoms with van der Waals surface area (Å²) in [7, 11) is 0. The normalized spacial score (nSPS) is 19.3. The van der Waals surface area contributed by atoms with E-state index in [1.165, 1.54) is 5.56 Å². The number of benzene rings is 1. The van der Waals surface area contributed by atoms with E-state index < -0.39 is 0 Å². The van der Waals surface area contributed by atoms with Gasteiger partial charge in [-0.2, -0.15) is 11.8 Å². The molecular weight excluding hydrogens is 284 g/mol. The van der Waals surface area contributed by atoms with Crippen molar-refractivity contribution in [2.75, 3.05) is 18.8 Å². The zero-order valence-electron chi connectivity index (χ0n) is 12.0. The van der Waals surface area contributed by atoms with Crippen LogP contribution in [0.2, 0.25) is 0 Å². The van der Waals surface area contributed by atoms with Gasteiger partial charge in [-0.3, -0.25) is 4.79 Å². The molecule has 1 saturated heterocycles. The van der Waals surface area contributed by atoms with Gasteiger partial charge in [0.05, 0.1) is 0 Å². The maximum Gasteiger partial charge on any atom is 0.276 e. The fraction of sp³-hybridized carbons (Fsp3) is 0.375. The molecule has 4 nitrogen and oxygen atoms in total. The summed E-state index contributed by atoms with van der Waals surface area (Å²) in [5.74, 6) is 1.59. The molecular formula is C16H18N2O2S. The van der Waals surface area contributed by atoms with Crippen LogP contribution in [-0.2, 0) is 0 Å². The fourth-order valence-electron chi connectivity index (χ4n) is 2.54. The Labute approximate surface area is 128 Å². The zero-order chi connectivity index (χ0) is 14.7. The predicted molar refractivity (Wildman–Crippen MR) is 83.4 cm³/mol. The molecule has 2 aromatic rings. The summed E-state index contributed by atoms with van der Waals surface area (Å²) in [6, 6.07) is 12.2. The van der Waals surface area contributed by atoms with Gasteiger partial charge in [-0.1, -0.05) is 35.5 Å². The predicted octanol–water partition coefficient (Wildman–Crippen LogP) is 3.30. The van der Waals surface area contributed by atoms with Crippen molar-refractivity contribution in [2.24, 2.45) is 0 Å². The molecule has 0 aliphatic carbocycles. The topological polar surface area (TPSA) is 46.3 Å². The van der Waals surface area contributed by atoms with Crippen LogP contribution in [0.1, 0.15) is 33.5 Å². The van der Waals surface area contributed by atoms with E-state index in [9.17, 15) is 4.79 Å². The van der Waals surface area contributed by atoms with Crippen LogP contribution in [0, 0.1) is 6.92 Å². The lowest BCUT2D eigenvalue weighted by atomic mass is 10.1. The van der Waals surface area contributed by atoms with Gasteiger partial charge in [0.2, 0.25) is 0 Å². The molecule has 1 aromatic carbocycles. The van der Waals surface area contributed by atoms with Crippen LogP contribution >= 0.6 is 11.8 Å². The molecule has 5 heteroatoms. The summed E-state index contributed by atoms with van der Waals surface area (Å²) in [5, 5.41) is 4.29. The highest BCUT2D eigenvalue weighted by Gasteiger charge is 2.24. The number of hydrogen-bond donors (Lipinski definition) is 0. The molecule has 2 heterocycles. The van der Waals surface area contributed by atoms with E-state index in [-0.39, 0.29) is 5.91 Å². The number of thioether (sulfide) groups is 1. The number of hydrogen-bond acceptors (Lipinski definition) is 4. The average Bonchev–Trinajstić information content (AvgIpc) is 2.81. The van der Waals surface area contributed by atoms with E-state index in [4.69, 9.17) is 4.52 Å². The van der Waals surface area contributed by atoms with Crippen LogP contribution in [-0.4, -0.2) is 34.8 Å². The number of rotatable bonds is 2. The van der Waals surface area contributed by atoms with Crippen LogP contribution in [0.3, 0.4) is 0 Å². The summed E-state index contributed by atoms with van der Waals surface area (Å²) >= 11 is 1.92. The van der Waals surface area contributed by atoms with Gasteiger partial charge in [0.1, 0.15) is 5.76 Å². The zero-order valence-corrected chi connectivity index (χ0v) is 12.8. The Morgan fingerprint density at radius 3 is 2.86 bits per heavy atom. The molecule has 0 saturated carbocycles. The Bertz CT molecular complexity index is 612. The highest BCUT2D eigenvalue weighted by Crippen LogP contribution is 2.34. The van der Waals surface area contributed by atoms with Crippen molar-refractivity contribution in [2.45, 2.75) is 18.6 Å². The molecule has 21 heavy (non-hydrogen) atoms. The minimum atomic E-state index is -0.0267. The smallest absolute Gasteiger partial charge is 0.276 e. The summed E-state index contributed by atoms with van der Waals surface area (Å²) in [5.41, 5.74) is 1.75. The molecule has 1 amide bonds. The van der Waals surface area contributed by atoms with Crippen molar-refractivity contribution in [3.63, 3.8) is 0 Å². The average molecular weight is 302 g/mol. The molecule has 1 aliphatic rings. The van der Waals surface area contributed by atoms with Gasteiger partial charge in [-0.05, 0) is 18.9 Å². The molecule has 110 valence electrons. The Morgan fingerprint density at radius 1 is 1.33 bits per heavy atom. The second-order valence-corrected chi connectivity index (χ2v) is 6.48. The monoisotopic (exact) mass is 302 g/mol. The number of amides is 1. The van der Waals surface area contributed by atoms with E-state index >= 15 is 0 Å². The first-order valence-corrected chi connectivity index (χ1v) is 8.18. The second kappa shape index (κ2) is 6.35. The summed E-state index contributed by atoms with van der Waals surface area (Å²) in [6.07, 6.45) is 0.969. The molecule has 1 atom stereocenters. The second-order valence-electron chi connectivity index (χ2n) is 5.17. The summed E-state index contributed by atoms with van der Waals surface area (Å²) in [6.45, 7) is 3.32. The van der Waals surface area contributed by atoms with E-state index in [1.807, 2.05) is 22.7 Å². The molecule has 1 fully saturated rings. The number of aryl methyl sites for hydroxylation is 1. The largest absolute Gasteiger partial charge is 0.361 e. The van der Waals surface area contributed by atoms with Gasteiger partial charge in [-0.15, -0.1) is 0 Å². The van der Waals surface area contributed by atoms with Crippen LogP contribution < -0.4 is 0 Å². The molecule has 0 bridgehead atoms. The number of aromatic nitrogens is 1. The van der Waals surface area contributed by atoms with Crippen LogP contribution in [0.15, 0.2) is 40.9 Å². The lowest BCUT2D eigenvalue weighted by Gasteiger charge is -2.18. The molecule has 1 aliphatic heterocycles. The minimum Gasteiger partial charge on any atom is -0.361 e.